The number of aryl methyl sites for hydroxylation is 1. The Kier molecular flexibility index (Phi) is 6.10. The highest BCUT2D eigenvalue weighted by atomic mass is 35.5. The molecule has 2 N–H and O–H groups in total. The van der Waals surface area contributed by atoms with E-state index in [1.165, 1.54) is 11.8 Å². The maximum Gasteiger partial charge on any atom is 0.272 e. The second-order valence-corrected chi connectivity index (χ2v) is 6.83. The van der Waals surface area contributed by atoms with Gasteiger partial charge in [0.2, 0.25) is 0 Å². The van der Waals surface area contributed by atoms with Crippen LogP contribution in [0.15, 0.2) is 58.2 Å². The third kappa shape index (κ3) is 4.87. The lowest BCUT2D eigenvalue weighted by Gasteiger charge is -2.10. The van der Waals surface area contributed by atoms with Crippen LogP contribution in [-0.2, 0) is 5.75 Å². The van der Waals surface area contributed by atoms with Gasteiger partial charge >= 0.3 is 0 Å². The van der Waals surface area contributed by atoms with Crippen LogP contribution in [0.2, 0.25) is 5.02 Å². The van der Waals surface area contributed by atoms with Crippen molar-refractivity contribution in [1.82, 2.24) is 21.0 Å². The lowest BCUT2D eigenvalue weighted by Crippen LogP contribution is -2.42. The number of aromatic nitrogens is 2. The first kappa shape index (κ1) is 18.9. The van der Waals surface area contributed by atoms with Crippen LogP contribution in [0.4, 0.5) is 0 Å². The summed E-state index contributed by atoms with van der Waals surface area (Å²) in [6, 6.07) is 11.7. The number of rotatable bonds is 5. The van der Waals surface area contributed by atoms with E-state index in [2.05, 4.69) is 21.0 Å². The molecule has 0 aliphatic carbocycles. The Hall–Kier alpha value is -2.84. The van der Waals surface area contributed by atoms with Gasteiger partial charge in [-0.25, -0.2) is 4.98 Å². The molecule has 9 heteroatoms. The van der Waals surface area contributed by atoms with E-state index < -0.39 is 11.8 Å². The molecular weight excluding hydrogens is 388 g/mol. The zero-order valence-corrected chi connectivity index (χ0v) is 15.8. The number of nitrogens with one attached hydrogen (secondary N) is 2. The van der Waals surface area contributed by atoms with Crippen LogP contribution in [0.1, 0.15) is 32.2 Å². The zero-order chi connectivity index (χ0) is 19.2. The molecular formula is C18H15ClN4O3S. The lowest BCUT2D eigenvalue weighted by molar-refractivity contribution is 0.0844. The molecule has 2 heterocycles. The minimum absolute atomic E-state index is 0.265. The van der Waals surface area contributed by atoms with Gasteiger partial charge in [0.25, 0.3) is 11.8 Å². The minimum Gasteiger partial charge on any atom is -0.361 e. The molecule has 0 fully saturated rings. The highest BCUT2D eigenvalue weighted by Crippen LogP contribution is 2.24. The van der Waals surface area contributed by atoms with E-state index in [-0.39, 0.29) is 5.56 Å². The Morgan fingerprint density at radius 3 is 2.52 bits per heavy atom. The number of halogens is 1. The summed E-state index contributed by atoms with van der Waals surface area (Å²) in [5, 5.41) is 4.73. The number of amides is 2. The number of benzene rings is 1. The predicted molar refractivity (Wildman–Crippen MR) is 101 cm³/mol. The van der Waals surface area contributed by atoms with Crippen LogP contribution >= 0.6 is 23.4 Å². The zero-order valence-electron chi connectivity index (χ0n) is 14.2. The van der Waals surface area contributed by atoms with Crippen LogP contribution in [-0.4, -0.2) is 22.0 Å². The normalized spacial score (nSPS) is 10.4. The highest BCUT2D eigenvalue weighted by Gasteiger charge is 2.16. The molecule has 0 saturated carbocycles. The number of hydrogen-bond donors (Lipinski definition) is 2. The molecule has 0 saturated heterocycles. The molecule has 2 aromatic heterocycles. The smallest absolute Gasteiger partial charge is 0.272 e. The fourth-order valence-corrected chi connectivity index (χ4v) is 3.29. The molecule has 0 unspecified atom stereocenters. The molecule has 3 rings (SSSR count). The molecule has 0 atom stereocenters. The Morgan fingerprint density at radius 2 is 1.81 bits per heavy atom. The van der Waals surface area contributed by atoms with Crippen molar-refractivity contribution >= 4 is 35.2 Å². The quantitative estimate of drug-likeness (QED) is 0.501. The Bertz CT molecular complexity index is 977. The summed E-state index contributed by atoms with van der Waals surface area (Å²) in [5.41, 5.74) is 6.09. The fourth-order valence-electron chi connectivity index (χ4n) is 2.20. The molecule has 2 amide bonds. The summed E-state index contributed by atoms with van der Waals surface area (Å²) >= 11 is 7.32. The van der Waals surface area contributed by atoms with Gasteiger partial charge in [-0.3, -0.25) is 20.4 Å². The summed E-state index contributed by atoms with van der Waals surface area (Å²) < 4.78 is 5.03. The first-order valence-corrected chi connectivity index (χ1v) is 9.26. The van der Waals surface area contributed by atoms with Gasteiger partial charge in [0.1, 0.15) is 10.8 Å². The third-order valence-corrected chi connectivity index (χ3v) is 4.83. The maximum absolute atomic E-state index is 12.5. The molecule has 1 aromatic carbocycles. The Labute approximate surface area is 164 Å². The standard InChI is InChI=1S/C18H15ClN4O3S/c1-11-9-12(23-26-11)10-27-18-14(6-4-8-20-18)17(25)22-21-16(24)13-5-2-3-7-15(13)19/h2-9H,10H2,1H3,(H,21,24)(H,22,25). The van der Waals surface area contributed by atoms with Crippen molar-refractivity contribution in [2.45, 2.75) is 17.7 Å². The van der Waals surface area contributed by atoms with Gasteiger partial charge in [0.15, 0.2) is 0 Å². The van der Waals surface area contributed by atoms with E-state index in [0.29, 0.717) is 27.1 Å². The number of thioether (sulfide) groups is 1. The molecule has 27 heavy (non-hydrogen) atoms. The summed E-state index contributed by atoms with van der Waals surface area (Å²) in [5.74, 6) is 0.222. The van der Waals surface area contributed by atoms with E-state index in [0.717, 1.165) is 5.69 Å². The first-order valence-electron chi connectivity index (χ1n) is 7.90. The average molecular weight is 403 g/mol. The number of hydrazine groups is 1. The van der Waals surface area contributed by atoms with Crippen LogP contribution < -0.4 is 10.9 Å². The van der Waals surface area contributed by atoms with Gasteiger partial charge in [0, 0.05) is 18.0 Å². The van der Waals surface area contributed by atoms with Crippen LogP contribution in [0, 0.1) is 6.92 Å². The van der Waals surface area contributed by atoms with Crippen molar-refractivity contribution in [2.24, 2.45) is 0 Å². The first-order chi connectivity index (χ1) is 13.0. The summed E-state index contributed by atoms with van der Waals surface area (Å²) in [4.78, 5) is 28.8. The summed E-state index contributed by atoms with van der Waals surface area (Å²) in [6.45, 7) is 1.81. The number of pyridine rings is 1. The van der Waals surface area contributed by atoms with E-state index in [1.807, 2.05) is 13.0 Å². The summed E-state index contributed by atoms with van der Waals surface area (Å²) in [7, 11) is 0. The van der Waals surface area contributed by atoms with Crippen molar-refractivity contribution in [3.05, 3.63) is 76.3 Å². The molecule has 7 nitrogen and oxygen atoms in total. The molecule has 0 spiro atoms. The molecule has 0 bridgehead atoms. The molecule has 0 radical (unpaired) electrons. The van der Waals surface area contributed by atoms with Gasteiger partial charge in [-0.1, -0.05) is 40.7 Å². The SMILES string of the molecule is Cc1cc(CSc2ncccc2C(=O)NNC(=O)c2ccccc2Cl)no1. The summed E-state index contributed by atoms with van der Waals surface area (Å²) in [6.07, 6.45) is 1.59. The van der Waals surface area contributed by atoms with Crippen LogP contribution in [0.3, 0.4) is 0 Å². The average Bonchev–Trinajstić information content (AvgIpc) is 3.10. The fraction of sp³-hybridized carbons (Fsp3) is 0.111. The Balaban J connectivity index is 1.64. The van der Waals surface area contributed by atoms with Crippen LogP contribution in [0.25, 0.3) is 0 Å². The van der Waals surface area contributed by atoms with Gasteiger partial charge in [0.05, 0.1) is 21.8 Å². The second-order valence-electron chi connectivity index (χ2n) is 5.46. The molecule has 0 aliphatic heterocycles. The number of carbonyl (C=O) groups excluding carboxylic acids is 2. The van der Waals surface area contributed by atoms with Crippen molar-refractivity contribution in [2.75, 3.05) is 0 Å². The van der Waals surface area contributed by atoms with Crippen LogP contribution in [0.5, 0.6) is 0 Å². The number of nitrogens with zero attached hydrogens (tertiary/aromatic N) is 2. The van der Waals surface area contributed by atoms with Gasteiger partial charge < -0.3 is 4.52 Å². The second kappa shape index (κ2) is 8.70. The van der Waals surface area contributed by atoms with E-state index in [1.54, 1.807) is 42.6 Å². The van der Waals surface area contributed by atoms with Crippen molar-refractivity contribution < 1.29 is 14.1 Å². The van der Waals surface area contributed by atoms with Gasteiger partial charge in [-0.05, 0) is 31.2 Å². The van der Waals surface area contributed by atoms with Crippen molar-refractivity contribution in [1.29, 1.82) is 0 Å². The lowest BCUT2D eigenvalue weighted by atomic mass is 10.2. The maximum atomic E-state index is 12.5. The predicted octanol–water partition coefficient (Wildman–Crippen LogP) is 3.40. The van der Waals surface area contributed by atoms with Gasteiger partial charge in [-0.2, -0.15) is 0 Å². The van der Waals surface area contributed by atoms with Crippen molar-refractivity contribution in [3.8, 4) is 0 Å². The van der Waals surface area contributed by atoms with E-state index in [4.69, 9.17) is 16.1 Å². The van der Waals surface area contributed by atoms with E-state index in [9.17, 15) is 9.59 Å². The third-order valence-electron chi connectivity index (χ3n) is 3.46. The minimum atomic E-state index is -0.509. The molecule has 3 aromatic rings. The van der Waals surface area contributed by atoms with Gasteiger partial charge in [-0.15, -0.1) is 0 Å². The highest BCUT2D eigenvalue weighted by molar-refractivity contribution is 7.98. The number of hydrogen-bond acceptors (Lipinski definition) is 6. The molecule has 138 valence electrons. The monoisotopic (exact) mass is 402 g/mol. The Morgan fingerprint density at radius 1 is 1.11 bits per heavy atom. The largest absolute Gasteiger partial charge is 0.361 e. The topological polar surface area (TPSA) is 97.1 Å². The molecule has 0 aliphatic rings. The van der Waals surface area contributed by atoms with E-state index >= 15 is 0 Å². The number of carbonyl (C=O) groups is 2. The van der Waals surface area contributed by atoms with Crippen molar-refractivity contribution in [3.63, 3.8) is 0 Å².